The fourth-order valence-electron chi connectivity index (χ4n) is 6.48. The SMILES string of the molecule is CCCCCC/C=C\C/C=C\CCCCCCCCCC(=O)OCCCC/C=C\CCCCCCC(=O)NC(CO)C(O)/C=C/CCCCCCCCC. The maximum absolute atomic E-state index is 12.3. The van der Waals surface area contributed by atoms with Crippen molar-refractivity contribution in [2.45, 2.75) is 231 Å². The number of carbonyl (C=O) groups excluding carboxylic acids is 2. The smallest absolute Gasteiger partial charge is 0.305 e. The Balaban J connectivity index is 3.55. The molecular formula is C48H87NO5. The van der Waals surface area contributed by atoms with Crippen molar-refractivity contribution in [3.8, 4) is 0 Å². The van der Waals surface area contributed by atoms with Crippen LogP contribution in [0.3, 0.4) is 0 Å². The number of nitrogens with one attached hydrogen (secondary N) is 1. The number of rotatable bonds is 41. The summed E-state index contributed by atoms with van der Waals surface area (Å²) in [5.74, 6) is -0.157. The fourth-order valence-corrected chi connectivity index (χ4v) is 6.48. The molecule has 6 nitrogen and oxygen atoms in total. The van der Waals surface area contributed by atoms with Crippen molar-refractivity contribution >= 4 is 11.9 Å². The van der Waals surface area contributed by atoms with E-state index in [1.54, 1.807) is 6.08 Å². The summed E-state index contributed by atoms with van der Waals surface area (Å²) in [4.78, 5) is 24.3. The number of hydrogen-bond donors (Lipinski definition) is 3. The second-order valence-corrected chi connectivity index (χ2v) is 15.4. The zero-order valence-corrected chi connectivity index (χ0v) is 35.4. The highest BCUT2D eigenvalue weighted by atomic mass is 16.5. The highest BCUT2D eigenvalue weighted by Gasteiger charge is 2.18. The quantitative estimate of drug-likeness (QED) is 0.0328. The van der Waals surface area contributed by atoms with Crippen LogP contribution in [0, 0.1) is 0 Å². The van der Waals surface area contributed by atoms with Gasteiger partial charge in [-0.25, -0.2) is 0 Å². The Morgan fingerprint density at radius 1 is 0.519 bits per heavy atom. The normalized spacial score (nSPS) is 13.2. The molecule has 2 atom stereocenters. The van der Waals surface area contributed by atoms with Crippen molar-refractivity contribution in [1.29, 1.82) is 0 Å². The summed E-state index contributed by atoms with van der Waals surface area (Å²) in [5, 5.41) is 22.8. The summed E-state index contributed by atoms with van der Waals surface area (Å²) in [6, 6.07) is -0.652. The van der Waals surface area contributed by atoms with Gasteiger partial charge in [-0.2, -0.15) is 0 Å². The summed E-state index contributed by atoms with van der Waals surface area (Å²) in [6.07, 6.45) is 52.5. The average Bonchev–Trinajstić information content (AvgIpc) is 3.17. The summed E-state index contributed by atoms with van der Waals surface area (Å²) in [6.45, 7) is 4.74. The molecule has 0 heterocycles. The number of carbonyl (C=O) groups is 2. The number of esters is 1. The van der Waals surface area contributed by atoms with Gasteiger partial charge < -0.3 is 20.3 Å². The molecule has 0 spiro atoms. The zero-order valence-electron chi connectivity index (χ0n) is 35.4. The standard InChI is InChI=1S/C48H87NO5/c1-3-5-7-9-11-13-14-15-16-17-18-19-20-21-26-30-34-38-42-48(53)54-43-39-35-31-27-23-22-25-29-33-37-41-47(52)49-45(44-50)46(51)40-36-32-28-24-12-10-8-6-4-2/h13-14,16-17,23,27,36,40,45-46,50-51H,3-12,15,18-22,24-26,28-35,37-39,41-44H2,1-2H3,(H,49,52)/b14-13-,17-16-,27-23-,40-36+. The van der Waals surface area contributed by atoms with Gasteiger partial charge in [-0.1, -0.05) is 165 Å². The van der Waals surface area contributed by atoms with Gasteiger partial charge in [0.15, 0.2) is 0 Å². The Hall–Kier alpha value is -2.18. The van der Waals surface area contributed by atoms with Gasteiger partial charge in [-0.3, -0.25) is 9.59 Å². The molecule has 0 aromatic heterocycles. The lowest BCUT2D eigenvalue weighted by Gasteiger charge is -2.20. The number of aliphatic hydroxyl groups excluding tert-OH is 2. The summed E-state index contributed by atoms with van der Waals surface area (Å²) in [7, 11) is 0. The Morgan fingerprint density at radius 2 is 0.926 bits per heavy atom. The number of hydrogen-bond acceptors (Lipinski definition) is 5. The van der Waals surface area contributed by atoms with Crippen LogP contribution < -0.4 is 5.32 Å². The van der Waals surface area contributed by atoms with E-state index in [2.05, 4.69) is 55.6 Å². The summed E-state index contributed by atoms with van der Waals surface area (Å²) < 4.78 is 5.42. The van der Waals surface area contributed by atoms with Crippen molar-refractivity contribution in [3.05, 3.63) is 48.6 Å². The van der Waals surface area contributed by atoms with Gasteiger partial charge >= 0.3 is 5.97 Å². The number of allylic oxidation sites excluding steroid dienone is 7. The molecule has 0 rings (SSSR count). The highest BCUT2D eigenvalue weighted by Crippen LogP contribution is 2.13. The van der Waals surface area contributed by atoms with Crippen molar-refractivity contribution < 1.29 is 24.5 Å². The van der Waals surface area contributed by atoms with Crippen LogP contribution in [-0.4, -0.2) is 47.4 Å². The molecule has 0 fully saturated rings. The second kappa shape index (κ2) is 43.5. The van der Waals surface area contributed by atoms with E-state index >= 15 is 0 Å². The molecular weight excluding hydrogens is 671 g/mol. The first kappa shape index (κ1) is 51.8. The van der Waals surface area contributed by atoms with Crippen LogP contribution >= 0.6 is 0 Å². The summed E-state index contributed by atoms with van der Waals surface area (Å²) >= 11 is 0. The monoisotopic (exact) mass is 758 g/mol. The largest absolute Gasteiger partial charge is 0.466 e. The van der Waals surface area contributed by atoms with E-state index in [0.717, 1.165) is 83.5 Å². The number of aliphatic hydroxyl groups is 2. The van der Waals surface area contributed by atoms with Crippen molar-refractivity contribution in [2.75, 3.05) is 13.2 Å². The van der Waals surface area contributed by atoms with E-state index in [0.29, 0.717) is 19.4 Å². The van der Waals surface area contributed by atoms with Crippen LogP contribution in [0.25, 0.3) is 0 Å². The van der Waals surface area contributed by atoms with Crippen LogP contribution in [0.15, 0.2) is 48.6 Å². The lowest BCUT2D eigenvalue weighted by Crippen LogP contribution is -2.45. The van der Waals surface area contributed by atoms with Crippen LogP contribution in [0.5, 0.6) is 0 Å². The molecule has 0 saturated carbocycles. The Labute approximate surface area is 334 Å². The molecule has 314 valence electrons. The first-order valence-electron chi connectivity index (χ1n) is 22.9. The van der Waals surface area contributed by atoms with Gasteiger partial charge in [0.25, 0.3) is 0 Å². The Morgan fingerprint density at radius 3 is 1.44 bits per heavy atom. The predicted octanol–water partition coefficient (Wildman–Crippen LogP) is 13.1. The highest BCUT2D eigenvalue weighted by molar-refractivity contribution is 5.76. The summed E-state index contributed by atoms with van der Waals surface area (Å²) in [5.41, 5.74) is 0. The molecule has 6 heteroatoms. The number of ether oxygens (including phenoxy) is 1. The van der Waals surface area contributed by atoms with E-state index in [4.69, 9.17) is 4.74 Å². The second-order valence-electron chi connectivity index (χ2n) is 15.4. The topological polar surface area (TPSA) is 95.9 Å². The third-order valence-corrected chi connectivity index (χ3v) is 10.1. The molecule has 3 N–H and O–H groups in total. The Bertz CT molecular complexity index is 926. The predicted molar refractivity (Wildman–Crippen MR) is 232 cm³/mol. The maximum Gasteiger partial charge on any atom is 0.305 e. The van der Waals surface area contributed by atoms with Gasteiger partial charge in [0.1, 0.15) is 0 Å². The third-order valence-electron chi connectivity index (χ3n) is 10.1. The zero-order chi connectivity index (χ0) is 39.4. The minimum absolute atomic E-state index is 0.0477. The van der Waals surface area contributed by atoms with Gasteiger partial charge in [0.05, 0.1) is 25.4 Å². The average molecular weight is 758 g/mol. The van der Waals surface area contributed by atoms with E-state index < -0.39 is 12.1 Å². The first-order valence-corrected chi connectivity index (χ1v) is 22.9. The molecule has 0 aromatic carbocycles. The van der Waals surface area contributed by atoms with Crippen LogP contribution in [0.1, 0.15) is 219 Å². The van der Waals surface area contributed by atoms with E-state index in [1.165, 1.54) is 109 Å². The minimum atomic E-state index is -0.865. The third kappa shape index (κ3) is 39.5. The van der Waals surface area contributed by atoms with Crippen molar-refractivity contribution in [3.63, 3.8) is 0 Å². The molecule has 0 bridgehead atoms. The molecule has 0 radical (unpaired) electrons. The van der Waals surface area contributed by atoms with Crippen LogP contribution in [0.2, 0.25) is 0 Å². The first-order chi connectivity index (χ1) is 26.5. The maximum atomic E-state index is 12.3. The minimum Gasteiger partial charge on any atom is -0.466 e. The van der Waals surface area contributed by atoms with E-state index in [-0.39, 0.29) is 18.5 Å². The van der Waals surface area contributed by atoms with E-state index in [9.17, 15) is 19.8 Å². The lowest BCUT2D eigenvalue weighted by atomic mass is 10.1. The van der Waals surface area contributed by atoms with Gasteiger partial charge in [0.2, 0.25) is 5.91 Å². The number of unbranched alkanes of at least 4 members (excludes halogenated alkanes) is 24. The van der Waals surface area contributed by atoms with Gasteiger partial charge in [0, 0.05) is 12.8 Å². The molecule has 0 aliphatic rings. The Kier molecular flexibility index (Phi) is 41.8. The molecule has 0 saturated heterocycles. The van der Waals surface area contributed by atoms with Crippen molar-refractivity contribution in [1.82, 2.24) is 5.32 Å². The lowest BCUT2D eigenvalue weighted by molar-refractivity contribution is -0.143. The molecule has 2 unspecified atom stereocenters. The fraction of sp³-hybridized carbons (Fsp3) is 0.792. The molecule has 0 aromatic rings. The van der Waals surface area contributed by atoms with Gasteiger partial charge in [-0.05, 0) is 89.9 Å². The molecule has 0 aliphatic carbocycles. The van der Waals surface area contributed by atoms with Crippen LogP contribution in [-0.2, 0) is 14.3 Å². The number of amides is 1. The van der Waals surface area contributed by atoms with Gasteiger partial charge in [-0.15, -0.1) is 0 Å². The van der Waals surface area contributed by atoms with Crippen LogP contribution in [0.4, 0.5) is 0 Å². The molecule has 1 amide bonds. The van der Waals surface area contributed by atoms with Crippen molar-refractivity contribution in [2.24, 2.45) is 0 Å². The van der Waals surface area contributed by atoms with E-state index in [1.807, 2.05) is 6.08 Å². The molecule has 0 aliphatic heterocycles. The molecule has 54 heavy (non-hydrogen) atoms.